The Kier molecular flexibility index (Phi) is 4.78. The van der Waals surface area contributed by atoms with Crippen LogP contribution in [0, 0.1) is 11.6 Å². The predicted molar refractivity (Wildman–Crippen MR) is 83.9 cm³/mol. The lowest BCUT2D eigenvalue weighted by Crippen LogP contribution is -2.33. The molecule has 0 radical (unpaired) electrons. The molecule has 0 aliphatic heterocycles. The van der Waals surface area contributed by atoms with E-state index in [1.807, 2.05) is 0 Å². The van der Waals surface area contributed by atoms with E-state index in [-0.39, 0.29) is 25.2 Å². The highest BCUT2D eigenvalue weighted by atomic mass is 19.2. The van der Waals surface area contributed by atoms with E-state index < -0.39 is 23.5 Å². The van der Waals surface area contributed by atoms with Gasteiger partial charge in [0.1, 0.15) is 5.69 Å². The Bertz CT molecular complexity index is 802. The van der Waals surface area contributed by atoms with E-state index in [1.54, 1.807) is 6.07 Å². The van der Waals surface area contributed by atoms with Crippen LogP contribution in [0.2, 0.25) is 0 Å². The summed E-state index contributed by atoms with van der Waals surface area (Å²) in [7, 11) is 0. The molecule has 132 valence electrons. The summed E-state index contributed by atoms with van der Waals surface area (Å²) in [5.74, 6) is -3.10. The average Bonchev–Trinajstić information content (AvgIpc) is 3.31. The maximum Gasteiger partial charge on any atom is 0.305 e. The maximum atomic E-state index is 13.4. The van der Waals surface area contributed by atoms with Crippen molar-refractivity contribution in [1.82, 2.24) is 15.1 Å². The molecule has 1 aliphatic rings. The van der Waals surface area contributed by atoms with Crippen molar-refractivity contribution in [2.24, 2.45) is 0 Å². The molecular weight excluding hydrogens is 332 g/mol. The molecular formula is C17H17F2N3O3. The smallest absolute Gasteiger partial charge is 0.305 e. The Morgan fingerprint density at radius 2 is 2.00 bits per heavy atom. The maximum absolute atomic E-state index is 13.4. The summed E-state index contributed by atoms with van der Waals surface area (Å²) in [6.45, 7) is -0.0896. The zero-order valence-electron chi connectivity index (χ0n) is 13.3. The largest absolute Gasteiger partial charge is 0.481 e. The van der Waals surface area contributed by atoms with Crippen LogP contribution in [0.3, 0.4) is 0 Å². The van der Waals surface area contributed by atoms with Gasteiger partial charge in [-0.2, -0.15) is 5.10 Å². The quantitative estimate of drug-likeness (QED) is 0.805. The summed E-state index contributed by atoms with van der Waals surface area (Å²) < 4.78 is 26.4. The fraction of sp³-hybridized carbons (Fsp3) is 0.353. The van der Waals surface area contributed by atoms with Gasteiger partial charge in [0.2, 0.25) is 0 Å². The van der Waals surface area contributed by atoms with Crippen LogP contribution < -0.4 is 0 Å². The van der Waals surface area contributed by atoms with E-state index in [4.69, 9.17) is 5.11 Å². The fourth-order valence-corrected chi connectivity index (χ4v) is 2.55. The van der Waals surface area contributed by atoms with Crippen LogP contribution in [0.5, 0.6) is 0 Å². The monoisotopic (exact) mass is 349 g/mol. The number of carboxylic acid groups (broad SMARTS) is 1. The second-order valence-electron chi connectivity index (χ2n) is 6.10. The van der Waals surface area contributed by atoms with Crippen LogP contribution in [0.4, 0.5) is 8.78 Å². The van der Waals surface area contributed by atoms with Crippen molar-refractivity contribution >= 4 is 11.9 Å². The molecule has 1 heterocycles. The Morgan fingerprint density at radius 3 is 2.64 bits per heavy atom. The van der Waals surface area contributed by atoms with E-state index in [0.29, 0.717) is 11.5 Å². The number of hydrogen-bond acceptors (Lipinski definition) is 3. The minimum Gasteiger partial charge on any atom is -0.481 e. The zero-order valence-corrected chi connectivity index (χ0v) is 13.3. The van der Waals surface area contributed by atoms with Gasteiger partial charge in [0, 0.05) is 24.7 Å². The number of nitrogens with one attached hydrogen (secondary N) is 1. The molecule has 2 N–H and O–H groups in total. The van der Waals surface area contributed by atoms with Crippen LogP contribution in [0.1, 0.15) is 46.9 Å². The van der Waals surface area contributed by atoms with Crippen LogP contribution >= 0.6 is 0 Å². The number of amides is 1. The van der Waals surface area contributed by atoms with Gasteiger partial charge in [-0.1, -0.05) is 6.07 Å². The number of carbonyl (C=O) groups is 2. The first-order valence-corrected chi connectivity index (χ1v) is 7.94. The molecule has 0 spiro atoms. The van der Waals surface area contributed by atoms with Gasteiger partial charge in [-0.25, -0.2) is 8.78 Å². The van der Waals surface area contributed by atoms with Crippen LogP contribution in [0.25, 0.3) is 0 Å². The van der Waals surface area contributed by atoms with E-state index in [0.717, 1.165) is 30.7 Å². The third-order valence-electron chi connectivity index (χ3n) is 4.07. The Hall–Kier alpha value is -2.77. The Morgan fingerprint density at radius 1 is 1.24 bits per heavy atom. The van der Waals surface area contributed by atoms with Gasteiger partial charge in [0.05, 0.1) is 6.42 Å². The summed E-state index contributed by atoms with van der Waals surface area (Å²) >= 11 is 0. The molecule has 8 heteroatoms. The lowest BCUT2D eigenvalue weighted by molar-refractivity contribution is -0.137. The molecule has 1 amide bonds. The normalized spacial score (nSPS) is 13.7. The van der Waals surface area contributed by atoms with Gasteiger partial charge < -0.3 is 10.0 Å². The van der Waals surface area contributed by atoms with Gasteiger partial charge in [0.25, 0.3) is 5.91 Å². The molecule has 2 aromatic rings. The first-order chi connectivity index (χ1) is 11.9. The van der Waals surface area contributed by atoms with Crippen LogP contribution in [-0.2, 0) is 11.3 Å². The third-order valence-corrected chi connectivity index (χ3v) is 4.07. The number of H-pyrrole nitrogens is 1. The van der Waals surface area contributed by atoms with Crippen LogP contribution in [-0.4, -0.2) is 38.6 Å². The second-order valence-corrected chi connectivity index (χ2v) is 6.10. The van der Waals surface area contributed by atoms with Crippen molar-refractivity contribution < 1.29 is 23.5 Å². The minimum absolute atomic E-state index is 0.0328. The molecule has 1 fully saturated rings. The number of halogens is 2. The van der Waals surface area contributed by atoms with Crippen molar-refractivity contribution in [1.29, 1.82) is 0 Å². The molecule has 0 bridgehead atoms. The Labute approximate surface area is 142 Å². The first-order valence-electron chi connectivity index (χ1n) is 7.94. The molecule has 1 aromatic carbocycles. The number of nitrogens with zero attached hydrogens (tertiary/aromatic N) is 2. The molecule has 0 atom stereocenters. The molecule has 25 heavy (non-hydrogen) atoms. The number of carboxylic acids is 1. The molecule has 1 aromatic heterocycles. The van der Waals surface area contributed by atoms with E-state index in [2.05, 4.69) is 10.2 Å². The summed E-state index contributed by atoms with van der Waals surface area (Å²) in [6.07, 6.45) is 1.84. The molecule has 6 nitrogen and oxygen atoms in total. The Balaban J connectivity index is 1.78. The third kappa shape index (κ3) is 4.20. The van der Waals surface area contributed by atoms with Gasteiger partial charge in [-0.15, -0.1) is 0 Å². The van der Waals surface area contributed by atoms with Gasteiger partial charge in [-0.3, -0.25) is 14.7 Å². The highest BCUT2D eigenvalue weighted by molar-refractivity contribution is 5.92. The zero-order chi connectivity index (χ0) is 18.0. The fourth-order valence-electron chi connectivity index (χ4n) is 2.55. The predicted octanol–water partition coefficient (Wildman–Crippen LogP) is 2.68. The summed E-state index contributed by atoms with van der Waals surface area (Å²) in [5, 5.41) is 15.7. The summed E-state index contributed by atoms with van der Waals surface area (Å²) in [6, 6.07) is 5.00. The number of carbonyl (C=O) groups excluding carboxylic acids is 1. The van der Waals surface area contributed by atoms with E-state index in [9.17, 15) is 18.4 Å². The average molecular weight is 349 g/mol. The van der Waals surface area contributed by atoms with Crippen molar-refractivity contribution in [3.05, 3.63) is 52.9 Å². The summed E-state index contributed by atoms with van der Waals surface area (Å²) in [5.41, 5.74) is 1.44. The van der Waals surface area contributed by atoms with E-state index >= 15 is 0 Å². The molecule has 3 rings (SSSR count). The molecule has 0 saturated heterocycles. The lowest BCUT2D eigenvalue weighted by Gasteiger charge is -2.21. The topological polar surface area (TPSA) is 86.3 Å². The van der Waals surface area contributed by atoms with Crippen molar-refractivity contribution in [2.75, 3.05) is 6.54 Å². The van der Waals surface area contributed by atoms with E-state index in [1.165, 1.54) is 11.0 Å². The standard InChI is InChI=1S/C17H17F2N3O3/c18-12-4-1-10(7-13(12)19)9-22(6-5-16(23)24)17(25)15-8-14(20-21-15)11-2-3-11/h1,4,7-8,11H,2-3,5-6,9H2,(H,20,21)(H,23,24). The van der Waals surface area contributed by atoms with Crippen molar-refractivity contribution in [3.8, 4) is 0 Å². The number of aliphatic carboxylic acids is 1. The molecule has 1 saturated carbocycles. The van der Waals surface area contributed by atoms with Crippen molar-refractivity contribution in [2.45, 2.75) is 31.7 Å². The highest BCUT2D eigenvalue weighted by Gasteiger charge is 2.28. The highest BCUT2D eigenvalue weighted by Crippen LogP contribution is 2.39. The number of benzene rings is 1. The van der Waals surface area contributed by atoms with Crippen molar-refractivity contribution in [3.63, 3.8) is 0 Å². The van der Waals surface area contributed by atoms with Gasteiger partial charge >= 0.3 is 5.97 Å². The second kappa shape index (κ2) is 7.00. The van der Waals surface area contributed by atoms with Gasteiger partial charge in [0.15, 0.2) is 11.6 Å². The van der Waals surface area contributed by atoms with Gasteiger partial charge in [-0.05, 0) is 36.6 Å². The SMILES string of the molecule is O=C(O)CCN(Cc1ccc(F)c(F)c1)C(=O)c1cc(C2CC2)[nH]n1. The number of aromatic amines is 1. The molecule has 1 aliphatic carbocycles. The first kappa shape index (κ1) is 17.1. The molecule has 0 unspecified atom stereocenters. The lowest BCUT2D eigenvalue weighted by atomic mass is 10.1. The number of hydrogen-bond donors (Lipinski definition) is 2. The van der Waals surface area contributed by atoms with Crippen LogP contribution in [0.15, 0.2) is 24.3 Å². The minimum atomic E-state index is -1.05. The summed E-state index contributed by atoms with van der Waals surface area (Å²) in [4.78, 5) is 24.8. The number of aromatic nitrogens is 2. The number of rotatable bonds is 7.